The van der Waals surface area contributed by atoms with Crippen LogP contribution in [0.5, 0.6) is 5.75 Å². The Morgan fingerprint density at radius 3 is 3.20 bits per heavy atom. The molecule has 0 radical (unpaired) electrons. The standard InChI is InChI=1S/C13H15N5O2/c1-7-2-3-11(19)12(17-7)18-13(20)9-4-8-10(5-14-9)16-6-15-8/h2-3,6,9,14,19H,4-5H2,1H3,(H,15,16)(H,17,18,20). The van der Waals surface area contributed by atoms with Crippen molar-refractivity contribution in [2.24, 2.45) is 0 Å². The molecule has 4 N–H and O–H groups in total. The van der Waals surface area contributed by atoms with Crippen LogP contribution >= 0.6 is 0 Å². The molecule has 2 aromatic heterocycles. The summed E-state index contributed by atoms with van der Waals surface area (Å²) in [6.07, 6.45) is 2.14. The fourth-order valence-electron chi connectivity index (χ4n) is 2.20. The Balaban J connectivity index is 1.73. The molecule has 0 saturated carbocycles. The number of carbonyl (C=O) groups is 1. The number of aromatic hydroxyl groups is 1. The van der Waals surface area contributed by atoms with E-state index in [1.165, 1.54) is 6.07 Å². The van der Waals surface area contributed by atoms with E-state index in [2.05, 4.69) is 25.6 Å². The molecule has 0 aromatic carbocycles. The fourth-order valence-corrected chi connectivity index (χ4v) is 2.20. The lowest BCUT2D eigenvalue weighted by atomic mass is 10.0. The number of carbonyl (C=O) groups excluding carboxylic acids is 1. The summed E-state index contributed by atoms with van der Waals surface area (Å²) >= 11 is 0. The van der Waals surface area contributed by atoms with E-state index in [9.17, 15) is 9.90 Å². The van der Waals surface area contributed by atoms with Gasteiger partial charge in [0, 0.05) is 18.7 Å². The van der Waals surface area contributed by atoms with Crippen molar-refractivity contribution >= 4 is 11.7 Å². The van der Waals surface area contributed by atoms with E-state index in [1.807, 2.05) is 0 Å². The van der Waals surface area contributed by atoms with E-state index >= 15 is 0 Å². The van der Waals surface area contributed by atoms with Gasteiger partial charge in [0.2, 0.25) is 5.91 Å². The van der Waals surface area contributed by atoms with Crippen LogP contribution in [0.15, 0.2) is 18.5 Å². The molecule has 3 heterocycles. The molecular weight excluding hydrogens is 258 g/mol. The number of pyridine rings is 1. The molecule has 0 saturated heterocycles. The highest BCUT2D eigenvalue weighted by Crippen LogP contribution is 2.21. The zero-order valence-electron chi connectivity index (χ0n) is 11.0. The highest BCUT2D eigenvalue weighted by Gasteiger charge is 2.26. The number of imidazole rings is 1. The van der Waals surface area contributed by atoms with Crippen molar-refractivity contribution in [2.45, 2.75) is 25.9 Å². The molecule has 2 aromatic rings. The number of amides is 1. The summed E-state index contributed by atoms with van der Waals surface area (Å²) in [5.74, 6) is -0.0862. The van der Waals surface area contributed by atoms with Crippen LogP contribution in [0.2, 0.25) is 0 Å². The molecule has 0 spiro atoms. The predicted octanol–water partition coefficient (Wildman–Crippen LogP) is 0.472. The van der Waals surface area contributed by atoms with Gasteiger partial charge in [0.05, 0.1) is 23.8 Å². The maximum absolute atomic E-state index is 12.2. The van der Waals surface area contributed by atoms with Crippen LogP contribution in [0.4, 0.5) is 5.82 Å². The smallest absolute Gasteiger partial charge is 0.243 e. The number of fused-ring (bicyclic) bond motifs is 1. The number of aromatic amines is 1. The van der Waals surface area contributed by atoms with E-state index in [0.29, 0.717) is 13.0 Å². The van der Waals surface area contributed by atoms with Gasteiger partial charge in [-0.15, -0.1) is 0 Å². The highest BCUT2D eigenvalue weighted by molar-refractivity contribution is 5.95. The first-order valence-electron chi connectivity index (χ1n) is 6.35. The molecule has 1 atom stereocenters. The van der Waals surface area contributed by atoms with Crippen molar-refractivity contribution in [1.82, 2.24) is 20.3 Å². The van der Waals surface area contributed by atoms with Crippen molar-refractivity contribution in [3.05, 3.63) is 35.5 Å². The molecule has 1 aliphatic heterocycles. The van der Waals surface area contributed by atoms with Gasteiger partial charge in [0.1, 0.15) is 0 Å². The van der Waals surface area contributed by atoms with Crippen LogP contribution in [0.25, 0.3) is 0 Å². The maximum atomic E-state index is 12.2. The number of hydrogen-bond acceptors (Lipinski definition) is 5. The van der Waals surface area contributed by atoms with Crippen LogP contribution in [0.1, 0.15) is 17.1 Å². The monoisotopic (exact) mass is 273 g/mol. The zero-order valence-corrected chi connectivity index (χ0v) is 11.0. The first-order chi connectivity index (χ1) is 9.63. The normalized spacial score (nSPS) is 17.6. The number of hydrogen-bond donors (Lipinski definition) is 4. The van der Waals surface area contributed by atoms with Crippen LogP contribution in [-0.4, -0.2) is 32.0 Å². The average Bonchev–Trinajstić information content (AvgIpc) is 2.90. The number of H-pyrrole nitrogens is 1. The van der Waals surface area contributed by atoms with Gasteiger partial charge in [-0.05, 0) is 19.1 Å². The Morgan fingerprint density at radius 2 is 2.35 bits per heavy atom. The van der Waals surface area contributed by atoms with Gasteiger partial charge in [-0.25, -0.2) is 9.97 Å². The average molecular weight is 273 g/mol. The van der Waals surface area contributed by atoms with E-state index < -0.39 is 0 Å². The van der Waals surface area contributed by atoms with Gasteiger partial charge >= 0.3 is 0 Å². The molecule has 1 unspecified atom stereocenters. The van der Waals surface area contributed by atoms with Gasteiger partial charge in [0.25, 0.3) is 0 Å². The highest BCUT2D eigenvalue weighted by atomic mass is 16.3. The molecule has 20 heavy (non-hydrogen) atoms. The van der Waals surface area contributed by atoms with Crippen LogP contribution in [-0.2, 0) is 17.8 Å². The number of nitrogens with zero attached hydrogens (tertiary/aromatic N) is 2. The quantitative estimate of drug-likeness (QED) is 0.637. The van der Waals surface area contributed by atoms with Crippen LogP contribution in [0.3, 0.4) is 0 Å². The molecule has 0 bridgehead atoms. The van der Waals surface area contributed by atoms with Gasteiger partial charge in [-0.1, -0.05) is 0 Å². The fraction of sp³-hybridized carbons (Fsp3) is 0.308. The summed E-state index contributed by atoms with van der Waals surface area (Å²) < 4.78 is 0. The molecule has 1 amide bonds. The van der Waals surface area contributed by atoms with E-state index in [1.54, 1.807) is 19.3 Å². The van der Waals surface area contributed by atoms with Crippen LogP contribution in [0, 0.1) is 6.92 Å². The van der Waals surface area contributed by atoms with Gasteiger partial charge in [0.15, 0.2) is 11.6 Å². The van der Waals surface area contributed by atoms with Crippen molar-refractivity contribution in [2.75, 3.05) is 5.32 Å². The maximum Gasteiger partial charge on any atom is 0.243 e. The largest absolute Gasteiger partial charge is 0.504 e. The van der Waals surface area contributed by atoms with Crippen molar-refractivity contribution < 1.29 is 9.90 Å². The minimum Gasteiger partial charge on any atom is -0.504 e. The molecule has 3 rings (SSSR count). The van der Waals surface area contributed by atoms with E-state index in [4.69, 9.17) is 0 Å². The minimum atomic E-state index is -0.382. The lowest BCUT2D eigenvalue weighted by molar-refractivity contribution is -0.118. The number of aryl methyl sites for hydroxylation is 1. The first-order valence-corrected chi connectivity index (χ1v) is 6.35. The second-order valence-electron chi connectivity index (χ2n) is 4.78. The molecule has 7 nitrogen and oxygen atoms in total. The lowest BCUT2D eigenvalue weighted by Crippen LogP contribution is -2.44. The van der Waals surface area contributed by atoms with Crippen molar-refractivity contribution in [3.63, 3.8) is 0 Å². The Kier molecular flexibility index (Phi) is 3.11. The molecule has 0 aliphatic carbocycles. The Bertz CT molecular complexity index is 652. The number of nitrogens with one attached hydrogen (secondary N) is 3. The summed E-state index contributed by atoms with van der Waals surface area (Å²) in [6, 6.07) is 2.81. The predicted molar refractivity (Wildman–Crippen MR) is 72.2 cm³/mol. The van der Waals surface area contributed by atoms with E-state index in [0.717, 1.165) is 17.1 Å². The zero-order chi connectivity index (χ0) is 14.1. The third kappa shape index (κ3) is 2.35. The Hall–Kier alpha value is -2.41. The summed E-state index contributed by atoms with van der Waals surface area (Å²) in [7, 11) is 0. The van der Waals surface area contributed by atoms with Crippen molar-refractivity contribution in [3.8, 4) is 5.75 Å². The summed E-state index contributed by atoms with van der Waals surface area (Å²) in [6.45, 7) is 2.37. The SMILES string of the molecule is Cc1ccc(O)c(NC(=O)C2Cc3nc[nH]c3CN2)n1. The topological polar surface area (TPSA) is 103 Å². The molecule has 104 valence electrons. The first kappa shape index (κ1) is 12.6. The molecule has 7 heteroatoms. The second kappa shape index (κ2) is 4.93. The molecule has 0 fully saturated rings. The molecule has 1 aliphatic rings. The van der Waals surface area contributed by atoms with Gasteiger partial charge in [-0.3, -0.25) is 10.1 Å². The number of aromatic nitrogens is 3. The number of anilines is 1. The molecular formula is C13H15N5O2. The second-order valence-corrected chi connectivity index (χ2v) is 4.78. The Labute approximate surface area is 115 Å². The van der Waals surface area contributed by atoms with Crippen LogP contribution < -0.4 is 10.6 Å². The Morgan fingerprint density at radius 1 is 1.50 bits per heavy atom. The number of rotatable bonds is 2. The van der Waals surface area contributed by atoms with Crippen molar-refractivity contribution in [1.29, 1.82) is 0 Å². The lowest BCUT2D eigenvalue weighted by Gasteiger charge is -2.22. The third-order valence-corrected chi connectivity index (χ3v) is 3.30. The summed E-state index contributed by atoms with van der Waals surface area (Å²) in [4.78, 5) is 23.5. The van der Waals surface area contributed by atoms with Gasteiger partial charge in [-0.2, -0.15) is 0 Å². The van der Waals surface area contributed by atoms with E-state index in [-0.39, 0.29) is 23.5 Å². The van der Waals surface area contributed by atoms with Gasteiger partial charge < -0.3 is 15.4 Å². The third-order valence-electron chi connectivity index (χ3n) is 3.30. The minimum absolute atomic E-state index is 0.0415. The summed E-state index contributed by atoms with van der Waals surface area (Å²) in [5, 5.41) is 15.5. The summed E-state index contributed by atoms with van der Waals surface area (Å²) in [5.41, 5.74) is 2.63.